The van der Waals surface area contributed by atoms with Crippen LogP contribution in [0.25, 0.3) is 0 Å². The third-order valence-electron chi connectivity index (χ3n) is 3.36. The summed E-state index contributed by atoms with van der Waals surface area (Å²) in [6.45, 7) is 7.39. The summed E-state index contributed by atoms with van der Waals surface area (Å²) in [5.41, 5.74) is 0. The molecule has 0 aliphatic carbocycles. The summed E-state index contributed by atoms with van der Waals surface area (Å²) in [6.07, 6.45) is 2.60. The van der Waals surface area contributed by atoms with Crippen molar-refractivity contribution in [1.82, 2.24) is 15.1 Å². The number of hydrogen-bond acceptors (Lipinski definition) is 4. The highest BCUT2D eigenvalue weighted by atomic mass is 16.4. The van der Waals surface area contributed by atoms with Crippen molar-refractivity contribution >= 4 is 6.03 Å². The van der Waals surface area contributed by atoms with Crippen LogP contribution in [0.3, 0.4) is 0 Å². The Hall–Kier alpha value is -1.79. The van der Waals surface area contributed by atoms with Crippen molar-refractivity contribution in [3.05, 3.63) is 36.8 Å². The summed E-state index contributed by atoms with van der Waals surface area (Å²) in [6, 6.07) is 3.47. The van der Waals surface area contributed by atoms with Crippen molar-refractivity contribution in [2.75, 3.05) is 39.3 Å². The molecule has 1 aromatic heterocycles. The number of piperazine rings is 1. The molecule has 1 saturated heterocycles. The summed E-state index contributed by atoms with van der Waals surface area (Å²) in [5, 5.41) is 12.8. The first-order chi connectivity index (χ1) is 9.70. The van der Waals surface area contributed by atoms with Crippen LogP contribution in [0.4, 0.5) is 4.79 Å². The Bertz CT molecular complexity index is 425. The first-order valence-electron chi connectivity index (χ1n) is 6.78. The van der Waals surface area contributed by atoms with E-state index in [1.165, 1.54) is 0 Å². The highest BCUT2D eigenvalue weighted by Gasteiger charge is 2.23. The lowest BCUT2D eigenvalue weighted by Crippen LogP contribution is -2.52. The normalized spacial score (nSPS) is 17.8. The number of urea groups is 1. The smallest absolute Gasteiger partial charge is 0.317 e. The Morgan fingerprint density at radius 1 is 1.50 bits per heavy atom. The number of β-amino-alcohol motifs (C(OH)–C–C–N with tert-alkyl or cyclic N) is 1. The maximum Gasteiger partial charge on any atom is 0.317 e. The predicted molar refractivity (Wildman–Crippen MR) is 75.3 cm³/mol. The molecule has 0 bridgehead atoms. The van der Waals surface area contributed by atoms with Crippen LogP contribution >= 0.6 is 0 Å². The lowest BCUT2D eigenvalue weighted by Gasteiger charge is -2.35. The number of nitrogens with zero attached hydrogens (tertiary/aromatic N) is 2. The average molecular weight is 279 g/mol. The quantitative estimate of drug-likeness (QED) is 0.783. The highest BCUT2D eigenvalue weighted by molar-refractivity contribution is 5.74. The molecule has 1 aliphatic heterocycles. The monoisotopic (exact) mass is 279 g/mol. The summed E-state index contributed by atoms with van der Waals surface area (Å²) < 4.78 is 5.18. The lowest BCUT2D eigenvalue weighted by molar-refractivity contribution is 0.0693. The third-order valence-corrected chi connectivity index (χ3v) is 3.36. The number of furan rings is 1. The van der Waals surface area contributed by atoms with Gasteiger partial charge in [0.25, 0.3) is 0 Å². The van der Waals surface area contributed by atoms with E-state index in [0.29, 0.717) is 31.9 Å². The molecule has 1 atom stereocenters. The van der Waals surface area contributed by atoms with Gasteiger partial charge in [0.2, 0.25) is 0 Å². The topological polar surface area (TPSA) is 69.0 Å². The van der Waals surface area contributed by atoms with Crippen LogP contribution < -0.4 is 5.32 Å². The van der Waals surface area contributed by atoms with E-state index in [9.17, 15) is 9.90 Å². The molecule has 6 heteroatoms. The SMILES string of the molecule is C=CCNC(=O)N1CCN(C[C@H](O)c2ccco2)CC1. The Labute approximate surface area is 118 Å². The molecule has 0 saturated carbocycles. The maximum absolute atomic E-state index is 11.8. The molecule has 1 fully saturated rings. The van der Waals surface area contributed by atoms with Gasteiger partial charge in [0.1, 0.15) is 11.9 Å². The zero-order chi connectivity index (χ0) is 14.4. The van der Waals surface area contributed by atoms with Gasteiger partial charge in [0.15, 0.2) is 0 Å². The molecule has 1 aromatic rings. The van der Waals surface area contributed by atoms with Gasteiger partial charge >= 0.3 is 6.03 Å². The van der Waals surface area contributed by atoms with Crippen molar-refractivity contribution in [2.24, 2.45) is 0 Å². The molecule has 0 aromatic carbocycles. The number of carbonyl (C=O) groups is 1. The van der Waals surface area contributed by atoms with Gasteiger partial charge in [-0.3, -0.25) is 4.90 Å². The molecule has 6 nitrogen and oxygen atoms in total. The molecule has 1 aliphatic rings. The molecule has 20 heavy (non-hydrogen) atoms. The van der Waals surface area contributed by atoms with Crippen LogP contribution in [-0.4, -0.2) is 60.2 Å². The second-order valence-electron chi connectivity index (χ2n) is 4.79. The number of aliphatic hydroxyl groups excluding tert-OH is 1. The van der Waals surface area contributed by atoms with Crippen LogP contribution in [0.2, 0.25) is 0 Å². The van der Waals surface area contributed by atoms with Gasteiger partial charge in [-0.15, -0.1) is 6.58 Å². The molecule has 2 rings (SSSR count). The molecular weight excluding hydrogens is 258 g/mol. The lowest BCUT2D eigenvalue weighted by atomic mass is 10.2. The maximum atomic E-state index is 11.8. The van der Waals surface area contributed by atoms with Gasteiger partial charge in [-0.25, -0.2) is 4.79 Å². The average Bonchev–Trinajstić information content (AvgIpc) is 3.00. The highest BCUT2D eigenvalue weighted by Crippen LogP contribution is 2.15. The minimum absolute atomic E-state index is 0.0591. The number of nitrogens with one attached hydrogen (secondary N) is 1. The van der Waals surface area contributed by atoms with Crippen LogP contribution in [0.1, 0.15) is 11.9 Å². The fourth-order valence-corrected chi connectivity index (χ4v) is 2.22. The van der Waals surface area contributed by atoms with E-state index in [-0.39, 0.29) is 6.03 Å². The van der Waals surface area contributed by atoms with Crippen molar-refractivity contribution in [3.63, 3.8) is 0 Å². The Kier molecular flexibility index (Phi) is 5.20. The van der Waals surface area contributed by atoms with Gasteiger partial charge < -0.3 is 19.7 Å². The van der Waals surface area contributed by atoms with Gasteiger partial charge in [-0.2, -0.15) is 0 Å². The van der Waals surface area contributed by atoms with E-state index in [2.05, 4.69) is 16.8 Å². The van der Waals surface area contributed by atoms with E-state index < -0.39 is 6.10 Å². The first-order valence-corrected chi connectivity index (χ1v) is 6.78. The Balaban J connectivity index is 1.74. The van der Waals surface area contributed by atoms with E-state index in [1.807, 2.05) is 0 Å². The third kappa shape index (κ3) is 3.85. The van der Waals surface area contributed by atoms with E-state index in [4.69, 9.17) is 4.42 Å². The van der Waals surface area contributed by atoms with Crippen molar-refractivity contribution in [1.29, 1.82) is 0 Å². The van der Waals surface area contributed by atoms with Crippen LogP contribution in [0.5, 0.6) is 0 Å². The van der Waals surface area contributed by atoms with E-state index >= 15 is 0 Å². The van der Waals surface area contributed by atoms with Crippen LogP contribution in [0.15, 0.2) is 35.5 Å². The first kappa shape index (κ1) is 14.6. The van der Waals surface area contributed by atoms with Gasteiger partial charge in [-0.05, 0) is 12.1 Å². The number of amides is 2. The molecule has 110 valence electrons. The zero-order valence-corrected chi connectivity index (χ0v) is 11.5. The standard InChI is InChI=1S/C14H21N3O3/c1-2-5-15-14(19)17-8-6-16(7-9-17)11-12(18)13-4-3-10-20-13/h2-4,10,12,18H,1,5-9,11H2,(H,15,19)/t12-/m0/s1. The number of carbonyl (C=O) groups excluding carboxylic acids is 1. The van der Waals surface area contributed by atoms with Crippen LogP contribution in [0, 0.1) is 0 Å². The van der Waals surface area contributed by atoms with E-state index in [1.54, 1.807) is 29.4 Å². The minimum atomic E-state index is -0.619. The summed E-state index contributed by atoms with van der Waals surface area (Å²) in [4.78, 5) is 15.7. The second-order valence-corrected chi connectivity index (χ2v) is 4.79. The van der Waals surface area contributed by atoms with Crippen LogP contribution in [-0.2, 0) is 0 Å². The molecule has 2 N–H and O–H groups in total. The Morgan fingerprint density at radius 3 is 2.85 bits per heavy atom. The van der Waals surface area contributed by atoms with Crippen molar-refractivity contribution < 1.29 is 14.3 Å². The van der Waals surface area contributed by atoms with Gasteiger partial charge in [0, 0.05) is 39.3 Å². The fourth-order valence-electron chi connectivity index (χ4n) is 2.22. The number of hydrogen-bond donors (Lipinski definition) is 2. The van der Waals surface area contributed by atoms with Gasteiger partial charge in [-0.1, -0.05) is 6.08 Å². The summed E-state index contributed by atoms with van der Waals surface area (Å²) in [5.74, 6) is 0.580. The number of rotatable bonds is 5. The van der Waals surface area contributed by atoms with Crippen molar-refractivity contribution in [3.8, 4) is 0 Å². The largest absolute Gasteiger partial charge is 0.467 e. The molecule has 0 spiro atoms. The summed E-state index contributed by atoms with van der Waals surface area (Å²) in [7, 11) is 0. The summed E-state index contributed by atoms with van der Waals surface area (Å²) >= 11 is 0. The second kappa shape index (κ2) is 7.12. The van der Waals surface area contributed by atoms with Gasteiger partial charge in [0.05, 0.1) is 6.26 Å². The number of aliphatic hydroxyl groups is 1. The Morgan fingerprint density at radius 2 is 2.25 bits per heavy atom. The minimum Gasteiger partial charge on any atom is -0.467 e. The molecular formula is C14H21N3O3. The van der Waals surface area contributed by atoms with Crippen molar-refractivity contribution in [2.45, 2.75) is 6.10 Å². The van der Waals surface area contributed by atoms with E-state index in [0.717, 1.165) is 13.1 Å². The molecule has 0 unspecified atom stereocenters. The zero-order valence-electron chi connectivity index (χ0n) is 11.5. The molecule has 0 radical (unpaired) electrons. The predicted octanol–water partition coefficient (Wildman–Crippen LogP) is 0.826. The molecule has 2 amide bonds. The molecule has 2 heterocycles. The fraction of sp³-hybridized carbons (Fsp3) is 0.500.